The number of hydrogen-bond donors (Lipinski definition) is 3. The maximum Gasteiger partial charge on any atom is 0.324 e. The highest BCUT2D eigenvalue weighted by Crippen LogP contribution is 2.43. The summed E-state index contributed by atoms with van der Waals surface area (Å²) in [7, 11) is 0. The van der Waals surface area contributed by atoms with E-state index in [1.54, 1.807) is 0 Å². The lowest BCUT2D eigenvalue weighted by atomic mass is 9.63. The van der Waals surface area contributed by atoms with Crippen molar-refractivity contribution in [3.8, 4) is 0 Å². The van der Waals surface area contributed by atoms with Gasteiger partial charge in [0.25, 0.3) is 0 Å². The van der Waals surface area contributed by atoms with Crippen LogP contribution in [0.5, 0.6) is 0 Å². The van der Waals surface area contributed by atoms with E-state index in [1.807, 2.05) is 48.5 Å². The van der Waals surface area contributed by atoms with Crippen LogP contribution < -0.4 is 5.73 Å². The minimum Gasteiger partial charge on any atom is -0.481 e. The monoisotopic (exact) mass is 363 g/mol. The van der Waals surface area contributed by atoms with Crippen molar-refractivity contribution in [3.05, 3.63) is 60.2 Å². The summed E-state index contributed by atoms with van der Waals surface area (Å²) < 4.78 is 0. The molecule has 0 bridgehead atoms. The summed E-state index contributed by atoms with van der Waals surface area (Å²) in [5.41, 5.74) is 5.85. The van der Waals surface area contributed by atoms with E-state index in [0.717, 1.165) is 27.1 Å². The number of carbonyl (C=O) groups is 2. The number of carboxylic acid groups (broad SMARTS) is 2. The van der Waals surface area contributed by atoms with Gasteiger partial charge in [0.1, 0.15) is 5.54 Å². The maximum atomic E-state index is 12.1. The summed E-state index contributed by atoms with van der Waals surface area (Å²) in [5, 5.41) is 23.1. The highest BCUT2D eigenvalue weighted by atomic mass is 16.4. The molecule has 4 rings (SSSR count). The molecule has 0 aliphatic heterocycles. The highest BCUT2D eigenvalue weighted by molar-refractivity contribution is 6.02. The van der Waals surface area contributed by atoms with Crippen molar-refractivity contribution in [2.45, 2.75) is 24.8 Å². The third-order valence-corrected chi connectivity index (χ3v) is 5.97. The average molecular weight is 363 g/mol. The zero-order valence-corrected chi connectivity index (χ0v) is 14.8. The normalized spacial score (nSPS) is 21.5. The van der Waals surface area contributed by atoms with Gasteiger partial charge in [0.2, 0.25) is 0 Å². The minimum absolute atomic E-state index is 0.168. The molecule has 5 nitrogen and oxygen atoms in total. The van der Waals surface area contributed by atoms with Gasteiger partial charge in [0.15, 0.2) is 0 Å². The van der Waals surface area contributed by atoms with Gasteiger partial charge in [-0.15, -0.1) is 0 Å². The largest absolute Gasteiger partial charge is 0.481 e. The quantitative estimate of drug-likeness (QED) is 0.603. The molecule has 5 heteroatoms. The summed E-state index contributed by atoms with van der Waals surface area (Å²) in [6.45, 7) is 0. The molecule has 3 aromatic rings. The van der Waals surface area contributed by atoms with Crippen LogP contribution in [0.3, 0.4) is 0 Å². The second kappa shape index (κ2) is 6.35. The first-order valence-electron chi connectivity index (χ1n) is 9.04. The Hall–Kier alpha value is -2.92. The smallest absolute Gasteiger partial charge is 0.324 e. The standard InChI is InChI=1S/C22H21NO4/c23-22(21(26)27,16-10-15(11-16)20(24)25)12-19-17-7-3-1-5-13(17)9-14-6-2-4-8-18(14)19/h1-9,15-16H,10-12,23H2,(H,24,25)(H,26,27)/t15-,16+,22?. The Morgan fingerprint density at radius 2 is 1.48 bits per heavy atom. The molecule has 138 valence electrons. The van der Waals surface area contributed by atoms with Crippen molar-refractivity contribution >= 4 is 33.5 Å². The fourth-order valence-electron chi connectivity index (χ4n) is 4.23. The van der Waals surface area contributed by atoms with Gasteiger partial charge in [0, 0.05) is 6.42 Å². The van der Waals surface area contributed by atoms with Crippen molar-refractivity contribution in [2.24, 2.45) is 17.6 Å². The van der Waals surface area contributed by atoms with Crippen LogP contribution in [-0.2, 0) is 16.0 Å². The molecule has 1 atom stereocenters. The van der Waals surface area contributed by atoms with E-state index in [0.29, 0.717) is 12.8 Å². The van der Waals surface area contributed by atoms with Gasteiger partial charge in [-0.2, -0.15) is 0 Å². The van der Waals surface area contributed by atoms with Crippen molar-refractivity contribution in [1.29, 1.82) is 0 Å². The first-order chi connectivity index (χ1) is 12.9. The number of aliphatic carboxylic acids is 2. The van der Waals surface area contributed by atoms with E-state index in [9.17, 15) is 14.7 Å². The van der Waals surface area contributed by atoms with E-state index < -0.39 is 23.4 Å². The summed E-state index contributed by atoms with van der Waals surface area (Å²) >= 11 is 0. The van der Waals surface area contributed by atoms with Gasteiger partial charge in [-0.1, -0.05) is 48.5 Å². The summed E-state index contributed by atoms with van der Waals surface area (Å²) in [6, 6.07) is 17.9. The fraction of sp³-hybridized carbons (Fsp3) is 0.273. The van der Waals surface area contributed by atoms with Crippen LogP contribution in [0.25, 0.3) is 21.5 Å². The van der Waals surface area contributed by atoms with Crippen molar-refractivity contribution < 1.29 is 19.8 Å². The van der Waals surface area contributed by atoms with Crippen LogP contribution >= 0.6 is 0 Å². The Bertz CT molecular complexity index is 1000. The van der Waals surface area contributed by atoms with E-state index in [1.165, 1.54) is 0 Å². The molecule has 1 fully saturated rings. The SMILES string of the molecule is NC(Cc1c2ccccc2cc2ccccc12)(C(=O)O)[C@H]1C[C@@H](C(=O)O)C1. The van der Waals surface area contributed by atoms with Gasteiger partial charge in [-0.25, -0.2) is 0 Å². The minimum atomic E-state index is -1.49. The molecule has 4 N–H and O–H groups in total. The summed E-state index contributed by atoms with van der Waals surface area (Å²) in [6.07, 6.45) is 0.781. The van der Waals surface area contributed by atoms with E-state index in [2.05, 4.69) is 6.07 Å². The van der Waals surface area contributed by atoms with Crippen LogP contribution in [0.4, 0.5) is 0 Å². The average Bonchev–Trinajstić information content (AvgIpc) is 2.59. The van der Waals surface area contributed by atoms with Gasteiger partial charge < -0.3 is 15.9 Å². The molecule has 0 radical (unpaired) electrons. The predicted octanol–water partition coefficient (Wildman–Crippen LogP) is 3.43. The molecule has 3 aromatic carbocycles. The summed E-state index contributed by atoms with van der Waals surface area (Å²) in [4.78, 5) is 23.3. The van der Waals surface area contributed by atoms with Crippen LogP contribution in [-0.4, -0.2) is 27.7 Å². The van der Waals surface area contributed by atoms with Gasteiger partial charge in [-0.05, 0) is 51.9 Å². The van der Waals surface area contributed by atoms with Crippen molar-refractivity contribution in [3.63, 3.8) is 0 Å². The Labute approximate surface area is 156 Å². The lowest BCUT2D eigenvalue weighted by molar-refractivity contribution is -0.155. The van der Waals surface area contributed by atoms with E-state index in [-0.39, 0.29) is 12.3 Å². The van der Waals surface area contributed by atoms with E-state index in [4.69, 9.17) is 10.8 Å². The topological polar surface area (TPSA) is 101 Å². The van der Waals surface area contributed by atoms with Gasteiger partial charge >= 0.3 is 11.9 Å². The lowest BCUT2D eigenvalue weighted by Crippen LogP contribution is -2.60. The second-order valence-corrected chi connectivity index (χ2v) is 7.52. The molecule has 0 amide bonds. The Morgan fingerprint density at radius 3 is 1.96 bits per heavy atom. The molecule has 1 aliphatic carbocycles. The molecule has 0 heterocycles. The number of nitrogens with two attached hydrogens (primary N) is 1. The number of carboxylic acids is 2. The Morgan fingerprint density at radius 1 is 0.963 bits per heavy atom. The van der Waals surface area contributed by atoms with E-state index >= 15 is 0 Å². The molecule has 1 saturated carbocycles. The molecule has 0 saturated heterocycles. The van der Waals surface area contributed by atoms with Gasteiger partial charge in [-0.3, -0.25) is 9.59 Å². The van der Waals surface area contributed by atoms with Crippen LogP contribution in [0.2, 0.25) is 0 Å². The zero-order valence-electron chi connectivity index (χ0n) is 14.8. The number of hydrogen-bond acceptors (Lipinski definition) is 3. The predicted molar refractivity (Wildman–Crippen MR) is 104 cm³/mol. The number of benzene rings is 3. The first kappa shape index (κ1) is 17.5. The third-order valence-electron chi connectivity index (χ3n) is 5.97. The molecule has 27 heavy (non-hydrogen) atoms. The van der Waals surface area contributed by atoms with Crippen LogP contribution in [0, 0.1) is 11.8 Å². The maximum absolute atomic E-state index is 12.1. The third kappa shape index (κ3) is 2.84. The van der Waals surface area contributed by atoms with Crippen molar-refractivity contribution in [2.75, 3.05) is 0 Å². The number of fused-ring (bicyclic) bond motifs is 2. The Balaban J connectivity index is 1.82. The molecular formula is C22H21NO4. The van der Waals surface area contributed by atoms with Crippen LogP contribution in [0.15, 0.2) is 54.6 Å². The van der Waals surface area contributed by atoms with Crippen molar-refractivity contribution in [1.82, 2.24) is 0 Å². The lowest BCUT2D eigenvalue weighted by Gasteiger charge is -2.43. The zero-order chi connectivity index (χ0) is 19.2. The van der Waals surface area contributed by atoms with Crippen LogP contribution in [0.1, 0.15) is 18.4 Å². The first-order valence-corrected chi connectivity index (χ1v) is 9.04. The molecule has 0 aromatic heterocycles. The molecule has 1 aliphatic rings. The highest BCUT2D eigenvalue weighted by Gasteiger charge is 2.50. The molecule has 0 spiro atoms. The Kier molecular flexibility index (Phi) is 4.12. The second-order valence-electron chi connectivity index (χ2n) is 7.52. The fourth-order valence-corrected chi connectivity index (χ4v) is 4.23. The molecular weight excluding hydrogens is 342 g/mol. The van der Waals surface area contributed by atoms with Gasteiger partial charge in [0.05, 0.1) is 5.92 Å². The summed E-state index contributed by atoms with van der Waals surface area (Å²) in [5.74, 6) is -2.81. The molecule has 1 unspecified atom stereocenters. The number of rotatable bonds is 5.